The molecule has 0 aliphatic heterocycles. The molecule has 2 aromatic rings. The molecule has 0 unspecified atom stereocenters. The molecule has 2 rings (SSSR count). The quantitative estimate of drug-likeness (QED) is 0.656. The minimum atomic E-state index is 0.650. The summed E-state index contributed by atoms with van der Waals surface area (Å²) in [6, 6.07) is 18.9. The number of thioether (sulfide) groups is 1. The number of hydrogen-bond donors (Lipinski definition) is 1. The molecule has 2 aromatic carbocycles. The van der Waals surface area contributed by atoms with Crippen molar-refractivity contribution < 1.29 is 0 Å². The lowest BCUT2D eigenvalue weighted by molar-refractivity contribution is 1.07. The van der Waals surface area contributed by atoms with Gasteiger partial charge in [-0.2, -0.15) is 0 Å². The number of amidine groups is 1. The van der Waals surface area contributed by atoms with Crippen LogP contribution in [-0.2, 0) is 6.54 Å². The largest absolute Gasteiger partial charge is 0.379 e. The van der Waals surface area contributed by atoms with Crippen LogP contribution in [0.2, 0.25) is 0 Å². The van der Waals surface area contributed by atoms with Crippen molar-refractivity contribution in [1.29, 1.82) is 0 Å². The predicted molar refractivity (Wildman–Crippen MR) is 90.0 cm³/mol. The molecule has 0 amide bonds. The molecule has 0 saturated heterocycles. The van der Waals surface area contributed by atoms with Crippen molar-refractivity contribution in [1.82, 2.24) is 0 Å². The van der Waals surface area contributed by atoms with Gasteiger partial charge in [-0.3, -0.25) is 4.99 Å². The molecular weight excluding hydrogens is 264 g/mol. The third-order valence-corrected chi connectivity index (χ3v) is 3.97. The summed E-state index contributed by atoms with van der Waals surface area (Å²) in [6.07, 6.45) is 1.12. The normalized spacial score (nSPS) is 11.6. The van der Waals surface area contributed by atoms with E-state index < -0.39 is 0 Å². The van der Waals surface area contributed by atoms with Crippen molar-refractivity contribution in [3.63, 3.8) is 0 Å². The summed E-state index contributed by atoms with van der Waals surface area (Å²) in [4.78, 5) is 4.39. The van der Waals surface area contributed by atoms with Crippen LogP contribution < -0.4 is 5.73 Å². The standard InChI is InChI=1S/C17H20N2S/c1-2-12-20-17(18)19-13-14-8-10-16(11-9-14)15-6-4-3-5-7-15/h3-11H,2,12-13H2,1H3,(H2,18,19). The van der Waals surface area contributed by atoms with E-state index in [9.17, 15) is 0 Å². The van der Waals surface area contributed by atoms with Gasteiger partial charge in [-0.25, -0.2) is 0 Å². The molecule has 0 aliphatic rings. The van der Waals surface area contributed by atoms with Crippen LogP contribution in [0.3, 0.4) is 0 Å². The van der Waals surface area contributed by atoms with Gasteiger partial charge in [0.25, 0.3) is 0 Å². The van der Waals surface area contributed by atoms with E-state index in [-0.39, 0.29) is 0 Å². The predicted octanol–water partition coefficient (Wildman–Crippen LogP) is 4.31. The van der Waals surface area contributed by atoms with Crippen LogP contribution in [0, 0.1) is 0 Å². The highest BCUT2D eigenvalue weighted by Crippen LogP contribution is 2.19. The molecule has 3 heteroatoms. The van der Waals surface area contributed by atoms with Crippen molar-refractivity contribution in [2.75, 3.05) is 5.75 Å². The van der Waals surface area contributed by atoms with Crippen molar-refractivity contribution in [3.05, 3.63) is 60.2 Å². The zero-order valence-electron chi connectivity index (χ0n) is 11.8. The van der Waals surface area contributed by atoms with Gasteiger partial charge in [0.2, 0.25) is 0 Å². The topological polar surface area (TPSA) is 38.4 Å². The smallest absolute Gasteiger partial charge is 0.154 e. The molecule has 0 radical (unpaired) electrons. The first kappa shape index (κ1) is 14.7. The van der Waals surface area contributed by atoms with Gasteiger partial charge in [0.1, 0.15) is 0 Å². The summed E-state index contributed by atoms with van der Waals surface area (Å²) in [5, 5.41) is 0.680. The maximum absolute atomic E-state index is 5.84. The first-order valence-corrected chi connectivity index (χ1v) is 7.85. The van der Waals surface area contributed by atoms with Crippen molar-refractivity contribution in [3.8, 4) is 11.1 Å². The van der Waals surface area contributed by atoms with Crippen LogP contribution >= 0.6 is 11.8 Å². The average Bonchev–Trinajstić information content (AvgIpc) is 2.52. The fraction of sp³-hybridized carbons (Fsp3) is 0.235. The Kier molecular flexibility index (Phi) is 5.69. The fourth-order valence-corrected chi connectivity index (χ4v) is 2.42. The minimum absolute atomic E-state index is 0.650. The Morgan fingerprint density at radius 2 is 1.65 bits per heavy atom. The van der Waals surface area contributed by atoms with Crippen molar-refractivity contribution >= 4 is 16.9 Å². The number of hydrogen-bond acceptors (Lipinski definition) is 2. The molecule has 20 heavy (non-hydrogen) atoms. The first-order chi connectivity index (χ1) is 9.79. The first-order valence-electron chi connectivity index (χ1n) is 6.86. The minimum Gasteiger partial charge on any atom is -0.379 e. The van der Waals surface area contributed by atoms with Gasteiger partial charge in [-0.15, -0.1) is 0 Å². The van der Waals surface area contributed by atoms with Crippen LogP contribution in [0.4, 0.5) is 0 Å². The van der Waals surface area contributed by atoms with Crippen molar-refractivity contribution in [2.24, 2.45) is 10.7 Å². The van der Waals surface area contributed by atoms with Crippen molar-refractivity contribution in [2.45, 2.75) is 19.9 Å². The summed E-state index contributed by atoms with van der Waals surface area (Å²) >= 11 is 1.62. The Labute approximate surface area is 125 Å². The van der Waals surface area contributed by atoms with E-state index in [0.29, 0.717) is 11.7 Å². The fourth-order valence-electron chi connectivity index (χ4n) is 1.85. The number of rotatable bonds is 5. The maximum Gasteiger partial charge on any atom is 0.154 e. The summed E-state index contributed by atoms with van der Waals surface area (Å²) in [5.41, 5.74) is 9.49. The van der Waals surface area contributed by atoms with Gasteiger partial charge in [0.05, 0.1) is 6.54 Å². The van der Waals surface area contributed by atoms with Gasteiger partial charge in [-0.05, 0) is 23.1 Å². The number of benzene rings is 2. The lowest BCUT2D eigenvalue weighted by Crippen LogP contribution is -2.07. The summed E-state index contributed by atoms with van der Waals surface area (Å²) in [6.45, 7) is 2.79. The molecule has 2 nitrogen and oxygen atoms in total. The van der Waals surface area contributed by atoms with Crippen LogP contribution in [0.1, 0.15) is 18.9 Å². The van der Waals surface area contributed by atoms with Gasteiger partial charge < -0.3 is 5.73 Å². The van der Waals surface area contributed by atoms with Crippen LogP contribution in [0.15, 0.2) is 59.6 Å². The second-order valence-corrected chi connectivity index (χ2v) is 5.68. The molecule has 0 atom stereocenters. The van der Waals surface area contributed by atoms with E-state index in [1.165, 1.54) is 16.7 Å². The molecule has 0 heterocycles. The third kappa shape index (κ3) is 4.42. The third-order valence-electron chi connectivity index (χ3n) is 2.93. The van der Waals surface area contributed by atoms with Gasteiger partial charge in [0.15, 0.2) is 5.17 Å². The average molecular weight is 284 g/mol. The molecule has 0 spiro atoms. The monoisotopic (exact) mass is 284 g/mol. The zero-order valence-corrected chi connectivity index (χ0v) is 12.6. The Bertz CT molecular complexity index is 547. The van der Waals surface area contributed by atoms with E-state index in [2.05, 4.69) is 60.4 Å². The van der Waals surface area contributed by atoms with Gasteiger partial charge in [0, 0.05) is 5.75 Å². The van der Waals surface area contributed by atoms with E-state index in [4.69, 9.17) is 5.73 Å². The van der Waals surface area contributed by atoms with E-state index in [1.54, 1.807) is 11.8 Å². The van der Waals surface area contributed by atoms with Gasteiger partial charge in [-0.1, -0.05) is 73.3 Å². The number of nitrogens with two attached hydrogens (primary N) is 1. The van der Waals surface area contributed by atoms with E-state index >= 15 is 0 Å². The Morgan fingerprint density at radius 1 is 1.00 bits per heavy atom. The summed E-state index contributed by atoms with van der Waals surface area (Å²) < 4.78 is 0. The van der Waals surface area contributed by atoms with Crippen LogP contribution in [-0.4, -0.2) is 10.9 Å². The van der Waals surface area contributed by atoms with E-state index in [0.717, 1.165) is 12.2 Å². The highest BCUT2D eigenvalue weighted by molar-refractivity contribution is 8.13. The second-order valence-electron chi connectivity index (χ2n) is 4.57. The molecule has 0 bridgehead atoms. The molecule has 0 aromatic heterocycles. The van der Waals surface area contributed by atoms with E-state index in [1.807, 2.05) is 6.07 Å². The molecule has 0 saturated carbocycles. The summed E-state index contributed by atoms with van der Waals surface area (Å²) in [5.74, 6) is 1.03. The number of nitrogens with zero attached hydrogens (tertiary/aromatic N) is 1. The highest BCUT2D eigenvalue weighted by atomic mass is 32.2. The maximum atomic E-state index is 5.84. The molecule has 0 aliphatic carbocycles. The second kappa shape index (κ2) is 7.75. The Balaban J connectivity index is 1.99. The van der Waals surface area contributed by atoms with Crippen LogP contribution in [0.5, 0.6) is 0 Å². The zero-order chi connectivity index (χ0) is 14.2. The lowest BCUT2D eigenvalue weighted by Gasteiger charge is -2.03. The molecule has 0 fully saturated rings. The van der Waals surface area contributed by atoms with Crippen LogP contribution in [0.25, 0.3) is 11.1 Å². The molecule has 104 valence electrons. The summed E-state index contributed by atoms with van der Waals surface area (Å²) in [7, 11) is 0. The number of aliphatic imine (C=N–C) groups is 1. The molecular formula is C17H20N2S. The Hall–Kier alpha value is -1.74. The highest BCUT2D eigenvalue weighted by Gasteiger charge is 1.98. The Morgan fingerprint density at radius 3 is 2.30 bits per heavy atom. The lowest BCUT2D eigenvalue weighted by atomic mass is 10.0. The van der Waals surface area contributed by atoms with Gasteiger partial charge >= 0.3 is 0 Å². The SMILES string of the molecule is CCCSC(N)=NCc1ccc(-c2ccccc2)cc1. The molecule has 2 N–H and O–H groups in total.